The SMILES string of the molecule is Cc1nc2c(c(C)c1CNC(=O)C[C@@H]1CCC[C@H]1N)c(=O)[nH]n2C.Cl.Cl. The van der Waals surface area contributed by atoms with Crippen LogP contribution in [0.5, 0.6) is 0 Å². The molecule has 1 aliphatic carbocycles. The lowest BCUT2D eigenvalue weighted by atomic mass is 9.99. The highest BCUT2D eigenvalue weighted by molar-refractivity contribution is 5.85. The van der Waals surface area contributed by atoms with Gasteiger partial charge in [0, 0.05) is 31.7 Å². The van der Waals surface area contributed by atoms with Crippen LogP contribution in [0, 0.1) is 19.8 Å². The second kappa shape index (κ2) is 8.88. The zero-order chi connectivity index (χ0) is 17.4. The average molecular weight is 404 g/mol. The molecule has 0 radical (unpaired) electrons. The van der Waals surface area contributed by atoms with Gasteiger partial charge in [0.1, 0.15) is 0 Å². The van der Waals surface area contributed by atoms with Crippen molar-refractivity contribution >= 4 is 41.8 Å². The number of nitrogens with two attached hydrogens (primary N) is 1. The van der Waals surface area contributed by atoms with Gasteiger partial charge in [-0.25, -0.2) is 4.98 Å². The van der Waals surface area contributed by atoms with Gasteiger partial charge in [-0.15, -0.1) is 24.8 Å². The van der Waals surface area contributed by atoms with E-state index in [4.69, 9.17) is 5.73 Å². The summed E-state index contributed by atoms with van der Waals surface area (Å²) in [6.07, 6.45) is 3.61. The Balaban J connectivity index is 0.00000169. The van der Waals surface area contributed by atoms with Crippen LogP contribution in [0.1, 0.15) is 42.5 Å². The minimum absolute atomic E-state index is 0. The number of fused-ring (bicyclic) bond motifs is 1. The van der Waals surface area contributed by atoms with Gasteiger partial charge in [-0.2, -0.15) is 0 Å². The summed E-state index contributed by atoms with van der Waals surface area (Å²) in [5.74, 6) is 0.294. The molecule has 2 aromatic rings. The van der Waals surface area contributed by atoms with Crippen LogP contribution in [-0.2, 0) is 18.4 Å². The Morgan fingerprint density at radius 2 is 2.04 bits per heavy atom. The van der Waals surface area contributed by atoms with Crippen LogP contribution in [0.2, 0.25) is 0 Å². The molecule has 0 aromatic carbocycles. The third-order valence-corrected chi connectivity index (χ3v) is 5.20. The first kappa shape index (κ1) is 22.5. The first-order valence-electron chi connectivity index (χ1n) is 8.45. The molecule has 1 saturated carbocycles. The molecule has 0 spiro atoms. The third kappa shape index (κ3) is 4.22. The van der Waals surface area contributed by atoms with Gasteiger partial charge < -0.3 is 11.1 Å². The van der Waals surface area contributed by atoms with Crippen molar-refractivity contribution in [1.29, 1.82) is 0 Å². The Kier molecular flexibility index (Phi) is 7.68. The Morgan fingerprint density at radius 1 is 1.35 bits per heavy atom. The maximum Gasteiger partial charge on any atom is 0.273 e. The fourth-order valence-electron chi connectivity index (χ4n) is 3.72. The first-order valence-corrected chi connectivity index (χ1v) is 8.45. The number of halogens is 2. The maximum absolute atomic E-state index is 12.2. The molecule has 146 valence electrons. The van der Waals surface area contributed by atoms with Crippen LogP contribution in [0.25, 0.3) is 11.0 Å². The highest BCUT2D eigenvalue weighted by Crippen LogP contribution is 2.26. The lowest BCUT2D eigenvalue weighted by Crippen LogP contribution is -2.31. The van der Waals surface area contributed by atoms with E-state index >= 15 is 0 Å². The number of H-pyrrole nitrogens is 1. The summed E-state index contributed by atoms with van der Waals surface area (Å²) in [6.45, 7) is 4.19. The number of hydrogen-bond donors (Lipinski definition) is 3. The van der Waals surface area contributed by atoms with Crippen molar-refractivity contribution in [2.24, 2.45) is 18.7 Å². The van der Waals surface area contributed by atoms with Gasteiger partial charge in [-0.3, -0.25) is 19.4 Å². The van der Waals surface area contributed by atoms with Crippen LogP contribution in [0.3, 0.4) is 0 Å². The van der Waals surface area contributed by atoms with Gasteiger partial charge in [-0.05, 0) is 43.7 Å². The van der Waals surface area contributed by atoms with Crippen LogP contribution in [0.4, 0.5) is 0 Å². The lowest BCUT2D eigenvalue weighted by Gasteiger charge is -2.16. The topological polar surface area (TPSA) is 106 Å². The summed E-state index contributed by atoms with van der Waals surface area (Å²) in [6, 6.07) is 0.139. The summed E-state index contributed by atoms with van der Waals surface area (Å²) in [5, 5.41) is 6.28. The first-order chi connectivity index (χ1) is 11.4. The Hall–Kier alpha value is -1.57. The molecule has 7 nitrogen and oxygen atoms in total. The van der Waals surface area contributed by atoms with E-state index in [-0.39, 0.29) is 48.2 Å². The molecule has 2 heterocycles. The van der Waals surface area contributed by atoms with Gasteiger partial charge >= 0.3 is 0 Å². The fraction of sp³-hybridized carbons (Fsp3) is 0.588. The van der Waals surface area contributed by atoms with E-state index in [9.17, 15) is 9.59 Å². The highest BCUT2D eigenvalue weighted by Gasteiger charge is 2.26. The van der Waals surface area contributed by atoms with Crippen LogP contribution < -0.4 is 16.6 Å². The largest absolute Gasteiger partial charge is 0.352 e. The van der Waals surface area contributed by atoms with Crippen LogP contribution in [0.15, 0.2) is 4.79 Å². The van der Waals surface area contributed by atoms with Crippen molar-refractivity contribution in [2.45, 2.75) is 52.1 Å². The molecule has 2 atom stereocenters. The molecule has 0 bridgehead atoms. The lowest BCUT2D eigenvalue weighted by molar-refractivity contribution is -0.122. The molecule has 26 heavy (non-hydrogen) atoms. The number of pyridine rings is 1. The van der Waals surface area contributed by atoms with E-state index in [2.05, 4.69) is 15.4 Å². The highest BCUT2D eigenvalue weighted by atomic mass is 35.5. The smallest absolute Gasteiger partial charge is 0.273 e. The number of carbonyl (C=O) groups excluding carboxylic acids is 1. The molecular formula is C17H27Cl2N5O2. The zero-order valence-electron chi connectivity index (χ0n) is 15.3. The van der Waals surface area contributed by atoms with E-state index < -0.39 is 0 Å². The standard InChI is InChI=1S/C17H25N5O2.2ClH/c1-9-12(8-19-14(23)7-11-5-4-6-13(11)18)10(2)20-16-15(9)17(24)21-22(16)3;;/h11,13H,4-8,18H2,1-3H3,(H,19,23)(H,21,24);2*1H/t11-,13+;;/m0../s1. The number of rotatable bonds is 4. The molecule has 2 aromatic heterocycles. The number of nitrogens with zero attached hydrogens (tertiary/aromatic N) is 2. The number of hydrogen-bond acceptors (Lipinski definition) is 4. The molecule has 1 amide bonds. The second-order valence-corrected chi connectivity index (χ2v) is 6.84. The van der Waals surface area contributed by atoms with Crippen molar-refractivity contribution in [3.05, 3.63) is 27.2 Å². The quantitative estimate of drug-likeness (QED) is 0.723. The number of aromatic amines is 1. The molecule has 3 rings (SSSR count). The summed E-state index contributed by atoms with van der Waals surface area (Å²) >= 11 is 0. The van der Waals surface area contributed by atoms with Crippen molar-refractivity contribution in [1.82, 2.24) is 20.1 Å². The predicted molar refractivity (Wildman–Crippen MR) is 107 cm³/mol. The molecule has 1 aliphatic rings. The summed E-state index contributed by atoms with van der Waals surface area (Å²) in [4.78, 5) is 28.8. The van der Waals surface area contributed by atoms with Crippen molar-refractivity contribution in [2.75, 3.05) is 0 Å². The molecule has 0 unspecified atom stereocenters. The van der Waals surface area contributed by atoms with Crippen molar-refractivity contribution in [3.8, 4) is 0 Å². The zero-order valence-corrected chi connectivity index (χ0v) is 16.9. The monoisotopic (exact) mass is 403 g/mol. The Morgan fingerprint density at radius 3 is 2.65 bits per heavy atom. The third-order valence-electron chi connectivity index (χ3n) is 5.20. The number of amides is 1. The summed E-state index contributed by atoms with van der Waals surface area (Å²) < 4.78 is 1.63. The van der Waals surface area contributed by atoms with E-state index in [1.54, 1.807) is 11.7 Å². The van der Waals surface area contributed by atoms with Gasteiger partial charge in [0.25, 0.3) is 5.56 Å². The van der Waals surface area contributed by atoms with Gasteiger partial charge in [0.05, 0.1) is 5.39 Å². The van der Waals surface area contributed by atoms with Crippen molar-refractivity contribution < 1.29 is 4.79 Å². The van der Waals surface area contributed by atoms with Gasteiger partial charge in [-0.1, -0.05) is 6.42 Å². The Bertz CT molecular complexity index is 846. The van der Waals surface area contributed by atoms with Crippen LogP contribution in [-0.4, -0.2) is 26.7 Å². The molecule has 1 fully saturated rings. The van der Waals surface area contributed by atoms with E-state index in [0.29, 0.717) is 24.0 Å². The number of aromatic nitrogens is 3. The van der Waals surface area contributed by atoms with Gasteiger partial charge in [0.15, 0.2) is 5.65 Å². The summed E-state index contributed by atoms with van der Waals surface area (Å²) in [7, 11) is 1.77. The Labute approximate surface area is 164 Å². The normalized spacial score (nSPS) is 19.1. The average Bonchev–Trinajstić information content (AvgIpc) is 3.03. The minimum Gasteiger partial charge on any atom is -0.352 e. The van der Waals surface area contributed by atoms with E-state index in [0.717, 1.165) is 36.1 Å². The summed E-state index contributed by atoms with van der Waals surface area (Å²) in [5.41, 5.74) is 9.13. The molecule has 4 N–H and O–H groups in total. The fourth-order valence-corrected chi connectivity index (χ4v) is 3.72. The number of aryl methyl sites for hydroxylation is 3. The number of nitrogens with one attached hydrogen (secondary N) is 2. The molecule has 0 saturated heterocycles. The second-order valence-electron chi connectivity index (χ2n) is 6.84. The van der Waals surface area contributed by atoms with E-state index in [1.807, 2.05) is 13.8 Å². The minimum atomic E-state index is -0.151. The predicted octanol–water partition coefficient (Wildman–Crippen LogP) is 1.86. The molecule has 9 heteroatoms. The van der Waals surface area contributed by atoms with Gasteiger partial charge in [0.2, 0.25) is 5.91 Å². The molecular weight excluding hydrogens is 377 g/mol. The maximum atomic E-state index is 12.2. The van der Waals surface area contributed by atoms with Crippen molar-refractivity contribution in [3.63, 3.8) is 0 Å². The van der Waals surface area contributed by atoms with E-state index in [1.165, 1.54) is 0 Å². The number of carbonyl (C=O) groups is 1. The molecule has 0 aliphatic heterocycles. The van der Waals surface area contributed by atoms with Crippen LogP contribution >= 0.6 is 24.8 Å².